The largest absolute Gasteiger partial charge is 0.354 e. The Morgan fingerprint density at radius 3 is 2.35 bits per heavy atom. The van der Waals surface area contributed by atoms with E-state index in [1.165, 1.54) is 17.0 Å². The Hall–Kier alpha value is -2.71. The van der Waals surface area contributed by atoms with E-state index in [0.717, 1.165) is 27.4 Å². The van der Waals surface area contributed by atoms with Crippen molar-refractivity contribution in [3.63, 3.8) is 0 Å². The van der Waals surface area contributed by atoms with Gasteiger partial charge in [0.25, 0.3) is 0 Å². The number of nitrogens with zero attached hydrogens (tertiary/aromatic N) is 2. The van der Waals surface area contributed by atoms with Crippen LogP contribution in [0.4, 0.5) is 5.69 Å². The smallest absolute Gasteiger partial charge is 0.247 e. The zero-order valence-corrected chi connectivity index (χ0v) is 21.7. The second-order valence-electron chi connectivity index (χ2n) is 9.75. The highest BCUT2D eigenvalue weighted by atomic mass is 32.2. The first kappa shape index (κ1) is 25.9. The standard InChI is InChI=1S/C26H35N3O4S/c1-18(2)14-15-27-25(31)26(6)17-28(34(32,33)22-12-10-19(3)11-13-22)16-24(30)29(26)23-9-7-8-20(4)21(23)5/h7-13,18H,14-17H2,1-6H3,(H,27,31)/t26-/m0/s1. The average Bonchev–Trinajstić information content (AvgIpc) is 2.76. The number of aryl methyl sites for hydroxylation is 2. The molecule has 1 saturated heterocycles. The third kappa shape index (κ3) is 5.03. The lowest BCUT2D eigenvalue weighted by atomic mass is 9.92. The second-order valence-corrected chi connectivity index (χ2v) is 11.7. The number of hydrogen-bond acceptors (Lipinski definition) is 4. The fraction of sp³-hybridized carbons (Fsp3) is 0.462. The first-order valence-electron chi connectivity index (χ1n) is 11.6. The minimum Gasteiger partial charge on any atom is -0.354 e. The summed E-state index contributed by atoms with van der Waals surface area (Å²) in [5.74, 6) is -0.405. The molecular formula is C26H35N3O4S. The predicted octanol–water partition coefficient (Wildman–Crippen LogP) is 3.57. The molecule has 34 heavy (non-hydrogen) atoms. The molecule has 2 aromatic carbocycles. The zero-order chi connectivity index (χ0) is 25.3. The van der Waals surface area contributed by atoms with Gasteiger partial charge >= 0.3 is 0 Å². The number of nitrogens with one attached hydrogen (secondary N) is 1. The van der Waals surface area contributed by atoms with E-state index >= 15 is 0 Å². The SMILES string of the molecule is Cc1ccc(S(=O)(=O)N2CC(=O)N(c3cccc(C)c3C)[C@](C)(C(=O)NCCC(C)C)C2)cc1. The van der Waals surface area contributed by atoms with Crippen molar-refractivity contribution in [2.75, 3.05) is 24.5 Å². The third-order valence-electron chi connectivity index (χ3n) is 6.51. The number of hydrogen-bond donors (Lipinski definition) is 1. The number of anilines is 1. The normalized spacial score (nSPS) is 19.5. The summed E-state index contributed by atoms with van der Waals surface area (Å²) in [5.41, 5.74) is 2.01. The van der Waals surface area contributed by atoms with Crippen molar-refractivity contribution in [3.05, 3.63) is 59.2 Å². The summed E-state index contributed by atoms with van der Waals surface area (Å²) < 4.78 is 28.0. The zero-order valence-electron chi connectivity index (χ0n) is 20.9. The summed E-state index contributed by atoms with van der Waals surface area (Å²) in [6.45, 7) is 11.5. The van der Waals surface area contributed by atoms with Crippen LogP contribution in [0.3, 0.4) is 0 Å². The van der Waals surface area contributed by atoms with Crippen molar-refractivity contribution in [3.8, 4) is 0 Å². The van der Waals surface area contributed by atoms with Crippen LogP contribution in [0, 0.1) is 26.7 Å². The topological polar surface area (TPSA) is 86.8 Å². The van der Waals surface area contributed by atoms with Crippen LogP contribution < -0.4 is 10.2 Å². The van der Waals surface area contributed by atoms with Crippen molar-refractivity contribution in [2.45, 2.75) is 58.4 Å². The van der Waals surface area contributed by atoms with Gasteiger partial charge in [0, 0.05) is 18.8 Å². The fourth-order valence-corrected chi connectivity index (χ4v) is 5.69. The van der Waals surface area contributed by atoms with Crippen LogP contribution in [0.25, 0.3) is 0 Å². The number of carbonyl (C=O) groups is 2. The molecule has 1 aliphatic rings. The number of rotatable bonds is 7. The maximum absolute atomic E-state index is 13.6. The number of carbonyl (C=O) groups excluding carboxylic acids is 2. The quantitative estimate of drug-likeness (QED) is 0.650. The van der Waals surface area contributed by atoms with Crippen molar-refractivity contribution in [2.24, 2.45) is 5.92 Å². The monoisotopic (exact) mass is 485 g/mol. The van der Waals surface area contributed by atoms with E-state index < -0.39 is 21.5 Å². The van der Waals surface area contributed by atoms with Gasteiger partial charge in [-0.05, 0) is 69.4 Å². The van der Waals surface area contributed by atoms with E-state index in [4.69, 9.17) is 0 Å². The van der Waals surface area contributed by atoms with Crippen LogP contribution in [0.1, 0.15) is 43.9 Å². The van der Waals surface area contributed by atoms with Crippen molar-refractivity contribution >= 4 is 27.5 Å². The highest BCUT2D eigenvalue weighted by Gasteiger charge is 2.51. The van der Waals surface area contributed by atoms with Crippen LogP contribution >= 0.6 is 0 Å². The van der Waals surface area contributed by atoms with Crippen LogP contribution in [-0.4, -0.2) is 49.7 Å². The molecule has 0 unspecified atom stereocenters. The van der Waals surface area contributed by atoms with Crippen molar-refractivity contribution in [1.29, 1.82) is 0 Å². The van der Waals surface area contributed by atoms with E-state index in [2.05, 4.69) is 19.2 Å². The van der Waals surface area contributed by atoms with Crippen LogP contribution in [-0.2, 0) is 19.6 Å². The van der Waals surface area contributed by atoms with Gasteiger partial charge in [0.15, 0.2) is 0 Å². The Balaban J connectivity index is 2.05. The Bertz CT molecular complexity index is 1180. The highest BCUT2D eigenvalue weighted by Crippen LogP contribution is 2.35. The van der Waals surface area contributed by atoms with Gasteiger partial charge in [0.1, 0.15) is 5.54 Å². The summed E-state index contributed by atoms with van der Waals surface area (Å²) in [6.07, 6.45) is 0.782. The lowest BCUT2D eigenvalue weighted by Crippen LogP contribution is -2.70. The molecule has 1 aliphatic heterocycles. The minimum absolute atomic E-state index is 0.105. The minimum atomic E-state index is -3.97. The molecule has 1 atom stereocenters. The number of amides is 2. The maximum atomic E-state index is 13.6. The summed E-state index contributed by atoms with van der Waals surface area (Å²) in [6, 6.07) is 12.1. The van der Waals surface area contributed by atoms with Gasteiger partial charge in [-0.1, -0.05) is 43.7 Å². The first-order chi connectivity index (χ1) is 15.9. The molecule has 0 bridgehead atoms. The molecule has 0 spiro atoms. The molecule has 0 saturated carbocycles. The van der Waals surface area contributed by atoms with Crippen LogP contribution in [0.15, 0.2) is 47.4 Å². The van der Waals surface area contributed by atoms with Gasteiger partial charge in [-0.3, -0.25) is 14.5 Å². The summed E-state index contributed by atoms with van der Waals surface area (Å²) in [7, 11) is -3.97. The van der Waals surface area contributed by atoms with Crippen LogP contribution in [0.2, 0.25) is 0 Å². The van der Waals surface area contributed by atoms with E-state index in [-0.39, 0.29) is 23.9 Å². The highest BCUT2D eigenvalue weighted by molar-refractivity contribution is 7.89. The summed E-state index contributed by atoms with van der Waals surface area (Å²) >= 11 is 0. The molecule has 2 aromatic rings. The molecule has 7 nitrogen and oxygen atoms in total. The molecule has 2 amide bonds. The van der Waals surface area contributed by atoms with Gasteiger partial charge in [-0.25, -0.2) is 8.42 Å². The molecular weight excluding hydrogens is 450 g/mol. The predicted molar refractivity (Wildman–Crippen MR) is 134 cm³/mol. The summed E-state index contributed by atoms with van der Waals surface area (Å²) in [4.78, 5) is 28.7. The number of benzene rings is 2. The molecule has 1 fully saturated rings. The molecule has 8 heteroatoms. The van der Waals surface area contributed by atoms with Gasteiger partial charge < -0.3 is 5.32 Å². The van der Waals surface area contributed by atoms with E-state index in [1.807, 2.05) is 39.0 Å². The molecule has 0 aliphatic carbocycles. The van der Waals surface area contributed by atoms with Crippen molar-refractivity contribution in [1.82, 2.24) is 9.62 Å². The Morgan fingerprint density at radius 1 is 1.09 bits per heavy atom. The second kappa shape index (κ2) is 9.88. The molecule has 0 aromatic heterocycles. The first-order valence-corrected chi connectivity index (χ1v) is 13.1. The Labute approximate surface area is 203 Å². The van der Waals surface area contributed by atoms with Crippen molar-refractivity contribution < 1.29 is 18.0 Å². The molecule has 184 valence electrons. The third-order valence-corrected chi connectivity index (χ3v) is 8.32. The molecule has 0 radical (unpaired) electrons. The molecule has 3 rings (SSSR count). The van der Waals surface area contributed by atoms with Gasteiger partial charge in [0.2, 0.25) is 21.8 Å². The van der Waals surface area contributed by atoms with Gasteiger partial charge in [0.05, 0.1) is 11.4 Å². The lowest BCUT2D eigenvalue weighted by Gasteiger charge is -2.47. The molecule has 1 heterocycles. The van der Waals surface area contributed by atoms with Gasteiger partial charge in [-0.15, -0.1) is 0 Å². The summed E-state index contributed by atoms with van der Waals surface area (Å²) in [5, 5.41) is 2.94. The Morgan fingerprint density at radius 2 is 1.74 bits per heavy atom. The van der Waals surface area contributed by atoms with E-state index in [9.17, 15) is 18.0 Å². The number of sulfonamides is 1. The van der Waals surface area contributed by atoms with E-state index in [0.29, 0.717) is 18.2 Å². The lowest BCUT2D eigenvalue weighted by molar-refractivity contribution is -0.132. The number of piperazine rings is 1. The van der Waals surface area contributed by atoms with Gasteiger partial charge in [-0.2, -0.15) is 4.31 Å². The average molecular weight is 486 g/mol. The van der Waals surface area contributed by atoms with E-state index in [1.54, 1.807) is 19.1 Å². The Kier molecular flexibility index (Phi) is 7.53. The maximum Gasteiger partial charge on any atom is 0.247 e. The fourth-order valence-electron chi connectivity index (χ4n) is 4.21. The molecule has 1 N–H and O–H groups in total. The van der Waals surface area contributed by atoms with Crippen LogP contribution in [0.5, 0.6) is 0 Å².